The van der Waals surface area contributed by atoms with E-state index in [-0.39, 0.29) is 24.0 Å². The molecule has 1 aromatic rings. The van der Waals surface area contributed by atoms with Crippen molar-refractivity contribution in [3.8, 4) is 0 Å². The molecule has 0 bridgehead atoms. The van der Waals surface area contributed by atoms with E-state index in [4.69, 9.17) is 0 Å². The number of nitrogens with one attached hydrogen (secondary N) is 2. The standard InChI is InChI=1S/C16H28N4S.HI/c1-3-17-16(19-12-15-7-6-10-21-15)18-11-14(2)13-20-8-4-5-9-20;/h6-7,10,14H,3-5,8-9,11-13H2,1-2H3,(H2,17,18,19);1H. The number of likely N-dealkylation sites (tertiary alicyclic amines) is 1. The molecule has 2 rings (SSSR count). The lowest BCUT2D eigenvalue weighted by Crippen LogP contribution is -2.41. The first-order valence-corrected chi connectivity index (χ1v) is 8.92. The quantitative estimate of drug-likeness (QED) is 0.392. The highest BCUT2D eigenvalue weighted by atomic mass is 127. The molecular weight excluding hydrogens is 407 g/mol. The lowest BCUT2D eigenvalue weighted by Gasteiger charge is -2.21. The highest BCUT2D eigenvalue weighted by molar-refractivity contribution is 14.0. The monoisotopic (exact) mass is 436 g/mol. The molecule has 1 saturated heterocycles. The van der Waals surface area contributed by atoms with E-state index in [0.717, 1.165) is 25.6 Å². The van der Waals surface area contributed by atoms with Gasteiger partial charge in [-0.25, -0.2) is 4.99 Å². The maximum absolute atomic E-state index is 4.65. The highest BCUT2D eigenvalue weighted by Crippen LogP contribution is 2.10. The molecule has 2 N–H and O–H groups in total. The fourth-order valence-electron chi connectivity index (χ4n) is 2.64. The first kappa shape index (κ1) is 19.7. The van der Waals surface area contributed by atoms with Gasteiger partial charge in [0.15, 0.2) is 5.96 Å². The minimum Gasteiger partial charge on any atom is -0.357 e. The van der Waals surface area contributed by atoms with Crippen molar-refractivity contribution >= 4 is 41.3 Å². The molecular formula is C16H29IN4S. The van der Waals surface area contributed by atoms with Gasteiger partial charge in [0.2, 0.25) is 0 Å². The van der Waals surface area contributed by atoms with Crippen LogP contribution in [0.5, 0.6) is 0 Å². The van der Waals surface area contributed by atoms with Crippen LogP contribution in [0.25, 0.3) is 0 Å². The number of nitrogens with zero attached hydrogens (tertiary/aromatic N) is 2. The summed E-state index contributed by atoms with van der Waals surface area (Å²) in [5.41, 5.74) is 0. The van der Waals surface area contributed by atoms with Crippen molar-refractivity contribution < 1.29 is 0 Å². The van der Waals surface area contributed by atoms with Crippen molar-refractivity contribution in [2.75, 3.05) is 32.7 Å². The van der Waals surface area contributed by atoms with Crippen molar-refractivity contribution in [2.45, 2.75) is 33.2 Å². The van der Waals surface area contributed by atoms with Crippen LogP contribution in [0.2, 0.25) is 0 Å². The fourth-order valence-corrected chi connectivity index (χ4v) is 3.27. The van der Waals surface area contributed by atoms with E-state index in [1.807, 2.05) is 0 Å². The summed E-state index contributed by atoms with van der Waals surface area (Å²) in [6.45, 7) is 10.8. The first-order valence-electron chi connectivity index (χ1n) is 8.05. The second-order valence-corrected chi connectivity index (χ2v) is 6.80. The summed E-state index contributed by atoms with van der Waals surface area (Å²) in [5.74, 6) is 1.58. The third-order valence-corrected chi connectivity index (χ3v) is 4.57. The van der Waals surface area contributed by atoms with Crippen LogP contribution in [0.4, 0.5) is 0 Å². The zero-order chi connectivity index (χ0) is 14.9. The van der Waals surface area contributed by atoms with Crippen LogP contribution in [-0.4, -0.2) is 43.6 Å². The van der Waals surface area contributed by atoms with Gasteiger partial charge in [-0.1, -0.05) is 13.0 Å². The average molecular weight is 436 g/mol. The Hall–Kier alpha value is -0.340. The third kappa shape index (κ3) is 7.28. The maximum Gasteiger partial charge on any atom is 0.191 e. The van der Waals surface area contributed by atoms with Gasteiger partial charge in [-0.15, -0.1) is 35.3 Å². The number of thiophene rings is 1. The van der Waals surface area contributed by atoms with Crippen molar-refractivity contribution in [1.82, 2.24) is 15.5 Å². The summed E-state index contributed by atoms with van der Waals surface area (Å²) >= 11 is 1.76. The van der Waals surface area contributed by atoms with Crippen LogP contribution in [-0.2, 0) is 6.54 Å². The highest BCUT2D eigenvalue weighted by Gasteiger charge is 2.14. The maximum atomic E-state index is 4.65. The summed E-state index contributed by atoms with van der Waals surface area (Å²) in [6.07, 6.45) is 2.73. The Balaban J connectivity index is 0.00000242. The van der Waals surface area contributed by atoms with Gasteiger partial charge in [0.25, 0.3) is 0 Å². The van der Waals surface area contributed by atoms with Crippen LogP contribution >= 0.6 is 35.3 Å². The minimum atomic E-state index is 0. The third-order valence-electron chi connectivity index (χ3n) is 3.70. The van der Waals surface area contributed by atoms with Gasteiger partial charge in [-0.2, -0.15) is 0 Å². The normalized spacial score (nSPS) is 17.1. The summed E-state index contributed by atoms with van der Waals surface area (Å²) < 4.78 is 0. The lowest BCUT2D eigenvalue weighted by atomic mass is 10.1. The number of rotatable bonds is 7. The molecule has 1 aliphatic rings. The number of guanidine groups is 1. The van der Waals surface area contributed by atoms with E-state index in [1.165, 1.54) is 37.4 Å². The Morgan fingerprint density at radius 1 is 1.36 bits per heavy atom. The number of hydrogen-bond donors (Lipinski definition) is 2. The lowest BCUT2D eigenvalue weighted by molar-refractivity contribution is 0.287. The zero-order valence-electron chi connectivity index (χ0n) is 13.7. The summed E-state index contributed by atoms with van der Waals surface area (Å²) in [5, 5.41) is 8.90. The predicted octanol–water partition coefficient (Wildman–Crippen LogP) is 3.15. The second kappa shape index (κ2) is 11.2. The Kier molecular flexibility index (Phi) is 10.1. The smallest absolute Gasteiger partial charge is 0.191 e. The molecule has 0 amide bonds. The molecule has 0 aromatic carbocycles. The van der Waals surface area contributed by atoms with E-state index < -0.39 is 0 Å². The number of aliphatic imine (C=N–C) groups is 1. The minimum absolute atomic E-state index is 0. The SMILES string of the molecule is CCNC(=NCc1cccs1)NCC(C)CN1CCCC1.I. The molecule has 1 aliphatic heterocycles. The molecule has 0 radical (unpaired) electrons. The molecule has 1 atom stereocenters. The average Bonchev–Trinajstić information content (AvgIpc) is 3.15. The van der Waals surface area contributed by atoms with Gasteiger partial charge in [0.1, 0.15) is 0 Å². The van der Waals surface area contributed by atoms with Gasteiger partial charge in [0.05, 0.1) is 6.54 Å². The number of hydrogen-bond acceptors (Lipinski definition) is 3. The second-order valence-electron chi connectivity index (χ2n) is 5.77. The summed E-state index contributed by atoms with van der Waals surface area (Å²) in [7, 11) is 0. The molecule has 1 unspecified atom stereocenters. The van der Waals surface area contributed by atoms with Crippen molar-refractivity contribution in [3.63, 3.8) is 0 Å². The molecule has 2 heterocycles. The molecule has 6 heteroatoms. The predicted molar refractivity (Wildman–Crippen MR) is 107 cm³/mol. The zero-order valence-corrected chi connectivity index (χ0v) is 16.8. The summed E-state index contributed by atoms with van der Waals surface area (Å²) in [6, 6.07) is 4.21. The molecule has 0 aliphatic carbocycles. The fraction of sp³-hybridized carbons (Fsp3) is 0.688. The molecule has 1 aromatic heterocycles. The van der Waals surface area contributed by atoms with Gasteiger partial charge in [-0.05, 0) is 50.2 Å². The largest absolute Gasteiger partial charge is 0.357 e. The Morgan fingerprint density at radius 2 is 2.14 bits per heavy atom. The van der Waals surface area contributed by atoms with Crippen molar-refractivity contribution in [2.24, 2.45) is 10.9 Å². The van der Waals surface area contributed by atoms with Crippen LogP contribution in [0.15, 0.2) is 22.5 Å². The van der Waals surface area contributed by atoms with Crippen LogP contribution in [0, 0.1) is 5.92 Å². The first-order chi connectivity index (χ1) is 10.3. The van der Waals surface area contributed by atoms with E-state index in [0.29, 0.717) is 5.92 Å². The van der Waals surface area contributed by atoms with E-state index >= 15 is 0 Å². The van der Waals surface area contributed by atoms with Crippen molar-refractivity contribution in [1.29, 1.82) is 0 Å². The van der Waals surface area contributed by atoms with Gasteiger partial charge in [-0.3, -0.25) is 0 Å². The van der Waals surface area contributed by atoms with Crippen LogP contribution < -0.4 is 10.6 Å². The molecule has 4 nitrogen and oxygen atoms in total. The molecule has 0 spiro atoms. The van der Waals surface area contributed by atoms with Crippen LogP contribution in [0.3, 0.4) is 0 Å². The Bertz CT molecular complexity index is 416. The van der Waals surface area contributed by atoms with Crippen molar-refractivity contribution in [3.05, 3.63) is 22.4 Å². The topological polar surface area (TPSA) is 39.7 Å². The Morgan fingerprint density at radius 3 is 2.77 bits per heavy atom. The van der Waals surface area contributed by atoms with Crippen LogP contribution in [0.1, 0.15) is 31.6 Å². The van der Waals surface area contributed by atoms with E-state index in [2.05, 4.69) is 51.9 Å². The van der Waals surface area contributed by atoms with Gasteiger partial charge in [0, 0.05) is 24.5 Å². The van der Waals surface area contributed by atoms with Gasteiger partial charge >= 0.3 is 0 Å². The Labute approximate surface area is 155 Å². The van der Waals surface area contributed by atoms with Gasteiger partial charge < -0.3 is 15.5 Å². The van der Waals surface area contributed by atoms with E-state index in [9.17, 15) is 0 Å². The van der Waals surface area contributed by atoms with E-state index in [1.54, 1.807) is 11.3 Å². The molecule has 126 valence electrons. The molecule has 22 heavy (non-hydrogen) atoms. The summed E-state index contributed by atoms with van der Waals surface area (Å²) in [4.78, 5) is 8.53. The number of halogens is 1. The molecule has 0 saturated carbocycles. The molecule has 1 fully saturated rings.